The van der Waals surface area contributed by atoms with Crippen LogP contribution in [0.3, 0.4) is 0 Å². The number of anilines is 1. The molecule has 2 amide bonds. The van der Waals surface area contributed by atoms with Crippen LogP contribution in [0.2, 0.25) is 0 Å². The normalized spacial score (nSPS) is 19.3. The summed E-state index contributed by atoms with van der Waals surface area (Å²) >= 11 is 0. The summed E-state index contributed by atoms with van der Waals surface area (Å²) in [5.74, 6) is -0.358. The Labute approximate surface area is 150 Å². The quantitative estimate of drug-likeness (QED) is 0.830. The summed E-state index contributed by atoms with van der Waals surface area (Å²) in [7, 11) is 0. The lowest BCUT2D eigenvalue weighted by molar-refractivity contribution is -0.136. The van der Waals surface area contributed by atoms with E-state index >= 15 is 0 Å². The highest BCUT2D eigenvalue weighted by atomic mass is 16.3. The van der Waals surface area contributed by atoms with Crippen molar-refractivity contribution in [1.82, 2.24) is 14.7 Å². The molecule has 8 heteroatoms. The van der Waals surface area contributed by atoms with Crippen molar-refractivity contribution < 1.29 is 19.8 Å². The van der Waals surface area contributed by atoms with Gasteiger partial charge in [0.15, 0.2) is 0 Å². The van der Waals surface area contributed by atoms with Gasteiger partial charge in [-0.1, -0.05) is 0 Å². The molecule has 0 radical (unpaired) electrons. The summed E-state index contributed by atoms with van der Waals surface area (Å²) in [5.41, 5.74) is 2.63. The molecule has 0 bridgehead atoms. The molecule has 4 rings (SSSR count). The van der Waals surface area contributed by atoms with Crippen molar-refractivity contribution in [3.63, 3.8) is 0 Å². The largest absolute Gasteiger partial charge is 0.508 e. The van der Waals surface area contributed by atoms with E-state index in [0.29, 0.717) is 31.9 Å². The van der Waals surface area contributed by atoms with Crippen molar-refractivity contribution in [2.75, 3.05) is 18.1 Å². The van der Waals surface area contributed by atoms with Crippen LogP contribution in [0.25, 0.3) is 0 Å². The SMILES string of the molecule is O=C(C1CC(=O)N(c2ccc(O)cc2)C1)N1Cc2cnn(CCO)c2C1. The maximum Gasteiger partial charge on any atom is 0.228 e. The summed E-state index contributed by atoms with van der Waals surface area (Å²) < 4.78 is 1.73. The van der Waals surface area contributed by atoms with Crippen molar-refractivity contribution in [2.24, 2.45) is 5.92 Å². The molecule has 1 saturated heterocycles. The summed E-state index contributed by atoms with van der Waals surface area (Å²) in [4.78, 5) is 28.6. The maximum atomic E-state index is 12.9. The van der Waals surface area contributed by atoms with Crippen LogP contribution in [-0.2, 0) is 29.2 Å². The molecule has 1 unspecified atom stereocenters. The van der Waals surface area contributed by atoms with Gasteiger partial charge in [0.05, 0.1) is 37.5 Å². The number of fused-ring (bicyclic) bond motifs is 1. The molecule has 136 valence electrons. The van der Waals surface area contributed by atoms with Gasteiger partial charge < -0.3 is 20.0 Å². The fourth-order valence-corrected chi connectivity index (χ4v) is 3.66. The van der Waals surface area contributed by atoms with E-state index < -0.39 is 0 Å². The number of carbonyl (C=O) groups excluding carboxylic acids is 2. The number of carbonyl (C=O) groups is 2. The lowest BCUT2D eigenvalue weighted by atomic mass is 10.1. The Balaban J connectivity index is 1.45. The van der Waals surface area contributed by atoms with Gasteiger partial charge in [-0.3, -0.25) is 14.3 Å². The van der Waals surface area contributed by atoms with Gasteiger partial charge in [-0.2, -0.15) is 5.10 Å². The summed E-state index contributed by atoms with van der Waals surface area (Å²) in [6.45, 7) is 1.70. The van der Waals surface area contributed by atoms with Crippen LogP contribution in [0, 0.1) is 5.92 Å². The number of rotatable bonds is 4. The monoisotopic (exact) mass is 356 g/mol. The zero-order valence-corrected chi connectivity index (χ0v) is 14.2. The van der Waals surface area contributed by atoms with Gasteiger partial charge in [-0.05, 0) is 24.3 Å². The average Bonchev–Trinajstić information content (AvgIpc) is 3.31. The highest BCUT2D eigenvalue weighted by Gasteiger charge is 2.39. The molecule has 0 saturated carbocycles. The molecular weight excluding hydrogens is 336 g/mol. The van der Waals surface area contributed by atoms with Gasteiger partial charge in [0.2, 0.25) is 11.8 Å². The topological polar surface area (TPSA) is 98.9 Å². The second-order valence-electron chi connectivity index (χ2n) is 6.68. The third-order valence-electron chi connectivity index (χ3n) is 5.00. The van der Waals surface area contributed by atoms with E-state index in [9.17, 15) is 14.7 Å². The number of phenols is 1. The minimum absolute atomic E-state index is 0.000777. The first-order valence-corrected chi connectivity index (χ1v) is 8.59. The number of hydrogen-bond donors (Lipinski definition) is 2. The summed E-state index contributed by atoms with van der Waals surface area (Å²) in [6.07, 6.45) is 1.93. The van der Waals surface area contributed by atoms with Crippen molar-refractivity contribution in [1.29, 1.82) is 0 Å². The molecule has 2 aliphatic rings. The Bertz CT molecular complexity index is 845. The molecule has 1 aromatic carbocycles. The number of nitrogens with zero attached hydrogens (tertiary/aromatic N) is 4. The molecule has 0 spiro atoms. The van der Waals surface area contributed by atoms with Crippen LogP contribution < -0.4 is 4.90 Å². The van der Waals surface area contributed by atoms with Gasteiger partial charge in [0, 0.05) is 30.8 Å². The molecule has 26 heavy (non-hydrogen) atoms. The van der Waals surface area contributed by atoms with Crippen LogP contribution in [0.5, 0.6) is 5.75 Å². The van der Waals surface area contributed by atoms with Crippen LogP contribution in [-0.4, -0.2) is 49.9 Å². The first-order valence-electron chi connectivity index (χ1n) is 8.59. The predicted octanol–water partition coefficient (Wildman–Crippen LogP) is 0.476. The summed E-state index contributed by atoms with van der Waals surface area (Å²) in [6, 6.07) is 6.41. The van der Waals surface area contributed by atoms with Crippen molar-refractivity contribution in [2.45, 2.75) is 26.1 Å². The second kappa shape index (κ2) is 6.45. The van der Waals surface area contributed by atoms with E-state index in [0.717, 1.165) is 11.3 Å². The predicted molar refractivity (Wildman–Crippen MR) is 92.1 cm³/mol. The summed E-state index contributed by atoms with van der Waals surface area (Å²) in [5, 5.41) is 22.7. The number of phenolic OH excluding ortho intramolecular Hbond substituents is 1. The van der Waals surface area contributed by atoms with Gasteiger partial charge in [0.1, 0.15) is 5.75 Å². The first-order chi connectivity index (χ1) is 12.6. The second-order valence-corrected chi connectivity index (χ2v) is 6.68. The number of hydrogen-bond acceptors (Lipinski definition) is 5. The lowest BCUT2D eigenvalue weighted by Crippen LogP contribution is -2.34. The number of aliphatic hydroxyl groups excluding tert-OH is 1. The highest BCUT2D eigenvalue weighted by molar-refractivity contribution is 6.00. The van der Waals surface area contributed by atoms with Crippen molar-refractivity contribution in [3.05, 3.63) is 41.7 Å². The first kappa shape index (κ1) is 16.6. The number of aromatic nitrogens is 2. The Morgan fingerprint density at radius 3 is 2.73 bits per heavy atom. The van der Waals surface area contributed by atoms with Gasteiger partial charge in [-0.25, -0.2) is 0 Å². The third kappa shape index (κ3) is 2.82. The standard InChI is InChI=1S/C18H20N4O4/c23-6-5-22-16-11-20(9-13(16)8-19-22)18(26)12-7-17(25)21(10-12)14-1-3-15(24)4-2-14/h1-4,8,12,23-24H,5-7,9-11H2. The average molecular weight is 356 g/mol. The third-order valence-corrected chi connectivity index (χ3v) is 5.00. The molecule has 1 aromatic heterocycles. The van der Waals surface area contributed by atoms with E-state index in [4.69, 9.17) is 5.11 Å². The van der Waals surface area contributed by atoms with E-state index in [1.165, 1.54) is 12.1 Å². The van der Waals surface area contributed by atoms with Crippen LogP contribution >= 0.6 is 0 Å². The Morgan fingerprint density at radius 1 is 1.23 bits per heavy atom. The molecule has 1 atom stereocenters. The zero-order valence-electron chi connectivity index (χ0n) is 14.2. The molecular formula is C18H20N4O4. The molecule has 8 nitrogen and oxygen atoms in total. The Morgan fingerprint density at radius 2 is 2.00 bits per heavy atom. The van der Waals surface area contributed by atoms with E-state index in [2.05, 4.69) is 5.10 Å². The van der Waals surface area contributed by atoms with Gasteiger partial charge in [0.25, 0.3) is 0 Å². The maximum absolute atomic E-state index is 12.9. The number of benzene rings is 1. The minimum atomic E-state index is -0.375. The van der Waals surface area contributed by atoms with Gasteiger partial charge >= 0.3 is 0 Å². The molecule has 0 aliphatic carbocycles. The fraction of sp³-hybridized carbons (Fsp3) is 0.389. The highest BCUT2D eigenvalue weighted by Crippen LogP contribution is 2.30. The van der Waals surface area contributed by atoms with E-state index in [1.54, 1.807) is 32.8 Å². The Hall–Kier alpha value is -2.87. The molecule has 3 heterocycles. The number of aromatic hydroxyl groups is 1. The molecule has 2 aliphatic heterocycles. The van der Waals surface area contributed by atoms with Crippen LogP contribution in [0.15, 0.2) is 30.5 Å². The van der Waals surface area contributed by atoms with Crippen LogP contribution in [0.4, 0.5) is 5.69 Å². The van der Waals surface area contributed by atoms with E-state index in [1.807, 2.05) is 0 Å². The van der Waals surface area contributed by atoms with Crippen molar-refractivity contribution in [3.8, 4) is 5.75 Å². The lowest BCUT2D eigenvalue weighted by Gasteiger charge is -2.21. The Kier molecular flexibility index (Phi) is 4.12. The fourth-order valence-electron chi connectivity index (χ4n) is 3.66. The number of aliphatic hydroxyl groups is 1. The zero-order chi connectivity index (χ0) is 18.3. The molecule has 2 N–H and O–H groups in total. The van der Waals surface area contributed by atoms with Crippen LogP contribution in [0.1, 0.15) is 17.7 Å². The van der Waals surface area contributed by atoms with Gasteiger partial charge in [-0.15, -0.1) is 0 Å². The van der Waals surface area contributed by atoms with E-state index in [-0.39, 0.29) is 36.5 Å². The number of amides is 2. The smallest absolute Gasteiger partial charge is 0.228 e. The molecule has 2 aromatic rings. The molecule has 1 fully saturated rings. The minimum Gasteiger partial charge on any atom is -0.508 e. The van der Waals surface area contributed by atoms with Crippen molar-refractivity contribution >= 4 is 17.5 Å².